The molecule has 29 heavy (non-hydrogen) atoms. The summed E-state index contributed by atoms with van der Waals surface area (Å²) in [5.74, 6) is 0.0366. The van der Waals surface area contributed by atoms with Crippen LogP contribution in [0, 0.1) is 17.0 Å². The molecule has 0 bridgehead atoms. The third-order valence-corrected chi connectivity index (χ3v) is 5.54. The lowest BCUT2D eigenvalue weighted by atomic mass is 10.1. The first-order valence-corrected chi connectivity index (χ1v) is 10.5. The molecule has 9 nitrogen and oxygen atoms in total. The predicted octanol–water partition coefficient (Wildman–Crippen LogP) is 2.56. The first kappa shape index (κ1) is 22.2. The molecular formula is C19H23N3O6S. The van der Waals surface area contributed by atoms with Crippen LogP contribution < -0.4 is 14.4 Å². The molecular weight excluding hydrogens is 398 g/mol. The summed E-state index contributed by atoms with van der Waals surface area (Å²) >= 11 is 0. The highest BCUT2D eigenvalue weighted by molar-refractivity contribution is 7.92. The maximum absolute atomic E-state index is 12.6. The molecule has 0 aliphatic carbocycles. The summed E-state index contributed by atoms with van der Waals surface area (Å²) in [7, 11) is -2.35. The zero-order chi connectivity index (χ0) is 21.8. The van der Waals surface area contributed by atoms with Gasteiger partial charge in [0.15, 0.2) is 0 Å². The van der Waals surface area contributed by atoms with Crippen LogP contribution in [0.1, 0.15) is 24.1 Å². The summed E-state index contributed by atoms with van der Waals surface area (Å²) in [5, 5.41) is 13.9. The first-order chi connectivity index (χ1) is 13.6. The fourth-order valence-electron chi connectivity index (χ4n) is 2.98. The number of amides is 1. The molecule has 0 fully saturated rings. The highest BCUT2D eigenvalue weighted by atomic mass is 32.2. The molecule has 1 atom stereocenters. The highest BCUT2D eigenvalue weighted by Crippen LogP contribution is 2.30. The molecule has 0 spiro atoms. The van der Waals surface area contributed by atoms with Crippen molar-refractivity contribution < 1.29 is 22.9 Å². The molecule has 0 radical (unpaired) electrons. The maximum atomic E-state index is 12.6. The minimum Gasteiger partial charge on any atom is -0.496 e. The molecule has 2 rings (SSSR count). The number of hydrogen-bond acceptors (Lipinski definition) is 6. The topological polar surface area (TPSA) is 119 Å². The molecule has 2 aromatic carbocycles. The molecule has 0 saturated carbocycles. The molecule has 0 saturated heterocycles. The van der Waals surface area contributed by atoms with E-state index in [0.29, 0.717) is 5.75 Å². The van der Waals surface area contributed by atoms with Gasteiger partial charge in [-0.25, -0.2) is 8.42 Å². The Hall–Kier alpha value is -3.14. The van der Waals surface area contributed by atoms with E-state index in [0.717, 1.165) is 16.1 Å². The van der Waals surface area contributed by atoms with E-state index in [1.54, 1.807) is 31.2 Å². The van der Waals surface area contributed by atoms with Crippen molar-refractivity contribution in [2.24, 2.45) is 0 Å². The van der Waals surface area contributed by atoms with E-state index >= 15 is 0 Å². The van der Waals surface area contributed by atoms with Crippen molar-refractivity contribution in [3.8, 4) is 5.75 Å². The first-order valence-electron chi connectivity index (χ1n) is 8.70. The second kappa shape index (κ2) is 8.91. The molecule has 0 aromatic heterocycles. The van der Waals surface area contributed by atoms with Crippen molar-refractivity contribution in [2.45, 2.75) is 19.9 Å². The third kappa shape index (κ3) is 5.23. The quantitative estimate of drug-likeness (QED) is 0.517. The van der Waals surface area contributed by atoms with Gasteiger partial charge in [-0.2, -0.15) is 0 Å². The largest absolute Gasteiger partial charge is 0.496 e. The van der Waals surface area contributed by atoms with Crippen LogP contribution in [-0.2, 0) is 14.8 Å². The number of para-hydroxylation sites is 1. The minimum absolute atomic E-state index is 0.0850. The summed E-state index contributed by atoms with van der Waals surface area (Å²) in [6.07, 6.45) is 0.947. The van der Waals surface area contributed by atoms with E-state index < -0.39 is 33.4 Å². The van der Waals surface area contributed by atoms with Crippen LogP contribution in [0.15, 0.2) is 42.5 Å². The number of ether oxygens (including phenoxy) is 1. The number of nitro groups is 1. The fourth-order valence-corrected chi connectivity index (χ4v) is 3.89. The van der Waals surface area contributed by atoms with Crippen LogP contribution in [0.25, 0.3) is 0 Å². The number of carbonyl (C=O) groups excluding carboxylic acids is 1. The molecule has 0 aliphatic heterocycles. The lowest BCUT2D eigenvalue weighted by Crippen LogP contribution is -2.41. The monoisotopic (exact) mass is 421 g/mol. The Morgan fingerprint density at radius 2 is 1.90 bits per heavy atom. The number of methoxy groups -OCH3 is 1. The van der Waals surface area contributed by atoms with Gasteiger partial charge in [0.1, 0.15) is 12.3 Å². The Morgan fingerprint density at radius 3 is 2.48 bits per heavy atom. The predicted molar refractivity (Wildman–Crippen MR) is 110 cm³/mol. The van der Waals surface area contributed by atoms with E-state index in [4.69, 9.17) is 4.74 Å². The van der Waals surface area contributed by atoms with E-state index in [1.165, 1.54) is 32.2 Å². The summed E-state index contributed by atoms with van der Waals surface area (Å²) < 4.78 is 30.8. The number of anilines is 1. The molecule has 1 amide bonds. The zero-order valence-electron chi connectivity index (χ0n) is 16.6. The Balaban J connectivity index is 2.29. The number of nitro benzene ring substituents is 1. The van der Waals surface area contributed by atoms with E-state index in [1.807, 2.05) is 0 Å². The van der Waals surface area contributed by atoms with Crippen molar-refractivity contribution in [3.63, 3.8) is 0 Å². The number of hydrogen-bond donors (Lipinski definition) is 1. The Kier molecular flexibility index (Phi) is 6.80. The Morgan fingerprint density at radius 1 is 1.24 bits per heavy atom. The van der Waals surface area contributed by atoms with Gasteiger partial charge < -0.3 is 10.1 Å². The van der Waals surface area contributed by atoms with Gasteiger partial charge in [-0.05, 0) is 26.0 Å². The fraction of sp³-hybridized carbons (Fsp3) is 0.316. The standard InChI is InChI=1S/C19H23N3O6S/c1-13-16(9-7-10-17(13)22(24)25)21(29(4,26)27)12-19(23)20-14(2)15-8-5-6-11-18(15)28-3/h5-11,14H,12H2,1-4H3,(H,20,23). The van der Waals surface area contributed by atoms with Crippen LogP contribution >= 0.6 is 0 Å². The van der Waals surface area contributed by atoms with Crippen LogP contribution in [0.2, 0.25) is 0 Å². The lowest BCUT2D eigenvalue weighted by Gasteiger charge is -2.25. The van der Waals surface area contributed by atoms with Crippen LogP contribution in [0.3, 0.4) is 0 Å². The minimum atomic E-state index is -3.87. The highest BCUT2D eigenvalue weighted by Gasteiger charge is 2.26. The molecule has 0 aliphatic rings. The van der Waals surface area contributed by atoms with Gasteiger partial charge in [0, 0.05) is 11.6 Å². The van der Waals surface area contributed by atoms with E-state index in [9.17, 15) is 23.3 Å². The number of carbonyl (C=O) groups is 1. The van der Waals surface area contributed by atoms with Crippen LogP contribution in [0.5, 0.6) is 5.75 Å². The Labute approximate surface area is 169 Å². The maximum Gasteiger partial charge on any atom is 0.274 e. The van der Waals surface area contributed by atoms with Crippen molar-refractivity contribution in [1.29, 1.82) is 0 Å². The molecule has 1 N–H and O–H groups in total. The lowest BCUT2D eigenvalue weighted by molar-refractivity contribution is -0.385. The van der Waals surface area contributed by atoms with E-state index in [2.05, 4.69) is 5.32 Å². The van der Waals surface area contributed by atoms with Gasteiger partial charge in [-0.1, -0.05) is 24.3 Å². The summed E-state index contributed by atoms with van der Waals surface area (Å²) in [4.78, 5) is 23.2. The number of nitrogens with one attached hydrogen (secondary N) is 1. The van der Waals surface area contributed by atoms with Gasteiger partial charge in [0.05, 0.1) is 35.6 Å². The number of rotatable bonds is 8. The molecule has 10 heteroatoms. The average molecular weight is 421 g/mol. The van der Waals surface area contributed by atoms with Gasteiger partial charge >= 0.3 is 0 Å². The Bertz CT molecular complexity index is 1020. The SMILES string of the molecule is COc1ccccc1C(C)NC(=O)CN(c1cccc([N+](=O)[O-])c1C)S(C)(=O)=O. The van der Waals surface area contributed by atoms with Gasteiger partial charge in [-0.3, -0.25) is 19.2 Å². The van der Waals surface area contributed by atoms with Gasteiger partial charge in [-0.15, -0.1) is 0 Å². The summed E-state index contributed by atoms with van der Waals surface area (Å²) in [6, 6.07) is 10.8. The smallest absolute Gasteiger partial charge is 0.274 e. The zero-order valence-corrected chi connectivity index (χ0v) is 17.4. The van der Waals surface area contributed by atoms with Gasteiger partial charge in [0.25, 0.3) is 5.69 Å². The second-order valence-corrected chi connectivity index (χ2v) is 8.39. The molecule has 2 aromatic rings. The van der Waals surface area contributed by atoms with Crippen LogP contribution in [-0.4, -0.2) is 39.2 Å². The molecule has 156 valence electrons. The normalized spacial score (nSPS) is 12.1. The molecule has 1 unspecified atom stereocenters. The van der Waals surface area contributed by atoms with Crippen LogP contribution in [0.4, 0.5) is 11.4 Å². The average Bonchev–Trinajstić information content (AvgIpc) is 2.65. The van der Waals surface area contributed by atoms with Gasteiger partial charge in [0.2, 0.25) is 15.9 Å². The van der Waals surface area contributed by atoms with E-state index in [-0.39, 0.29) is 16.9 Å². The summed E-state index contributed by atoms with van der Waals surface area (Å²) in [5.41, 5.74) is 0.759. The summed E-state index contributed by atoms with van der Waals surface area (Å²) in [6.45, 7) is 2.68. The number of nitrogens with zero attached hydrogens (tertiary/aromatic N) is 2. The number of benzene rings is 2. The third-order valence-electron chi connectivity index (χ3n) is 4.41. The second-order valence-electron chi connectivity index (χ2n) is 6.48. The van der Waals surface area contributed by atoms with Crippen molar-refractivity contribution >= 4 is 27.3 Å². The van der Waals surface area contributed by atoms with Crippen molar-refractivity contribution in [3.05, 3.63) is 63.7 Å². The number of sulfonamides is 1. The van der Waals surface area contributed by atoms with Crippen molar-refractivity contribution in [1.82, 2.24) is 5.32 Å². The molecule has 0 heterocycles. The van der Waals surface area contributed by atoms with Crippen molar-refractivity contribution in [2.75, 3.05) is 24.2 Å².